The summed E-state index contributed by atoms with van der Waals surface area (Å²) in [5.41, 5.74) is 4.36. The first-order valence-corrected chi connectivity index (χ1v) is 11.9. The molecule has 0 bridgehead atoms. The third-order valence-corrected chi connectivity index (χ3v) is 9.04. The van der Waals surface area contributed by atoms with Crippen molar-refractivity contribution in [3.63, 3.8) is 0 Å². The SMILES string of the molecule is CC1c2nn(-c3ccccc3)pc2C(c2ccccc2)S(=O)C1c1ccccc1. The van der Waals surface area contributed by atoms with Gasteiger partial charge in [-0.05, 0) is 23.3 Å². The van der Waals surface area contributed by atoms with Crippen molar-refractivity contribution >= 4 is 19.2 Å². The van der Waals surface area contributed by atoms with Crippen LogP contribution < -0.4 is 0 Å². The minimum atomic E-state index is -1.08. The number of nitrogens with zero attached hydrogens (tertiary/aromatic N) is 2. The van der Waals surface area contributed by atoms with Gasteiger partial charge in [-0.1, -0.05) is 85.8 Å². The number of hydrogen-bond donors (Lipinski definition) is 0. The Morgan fingerprint density at radius 3 is 2.00 bits per heavy atom. The average Bonchev–Trinajstić information content (AvgIpc) is 3.21. The maximum absolute atomic E-state index is 13.9. The van der Waals surface area contributed by atoms with Gasteiger partial charge in [0.15, 0.2) is 0 Å². The summed E-state index contributed by atoms with van der Waals surface area (Å²) in [5, 5.41) is 5.96. The number of fused-ring (bicyclic) bond motifs is 1. The van der Waals surface area contributed by atoms with E-state index in [9.17, 15) is 4.21 Å². The minimum absolute atomic E-state index is 0.0742. The van der Waals surface area contributed by atoms with E-state index in [1.165, 1.54) is 0 Å². The Morgan fingerprint density at radius 2 is 1.38 bits per heavy atom. The standard InChI is InChI=1S/C24H21N2OPS/c1-17-21-22(28-26(25-21)20-15-9-4-10-16-20)24(19-13-7-3-8-14-19)29(27)23(17)18-11-5-2-6-12-18/h2-17,23-24H,1H3. The molecule has 0 saturated carbocycles. The summed E-state index contributed by atoms with van der Waals surface area (Å²) in [6.07, 6.45) is 0. The largest absolute Gasteiger partial charge is 0.258 e. The molecule has 29 heavy (non-hydrogen) atoms. The van der Waals surface area contributed by atoms with Gasteiger partial charge in [-0.25, -0.2) is 4.44 Å². The highest BCUT2D eigenvalue weighted by atomic mass is 32.2. The normalized spacial score (nSPS) is 23.8. The second-order valence-electron chi connectivity index (χ2n) is 7.33. The third kappa shape index (κ3) is 3.27. The van der Waals surface area contributed by atoms with Gasteiger partial charge in [-0.2, -0.15) is 5.10 Å². The van der Waals surface area contributed by atoms with E-state index < -0.39 is 10.8 Å². The molecule has 0 fully saturated rings. The van der Waals surface area contributed by atoms with Crippen LogP contribution in [0, 0.1) is 0 Å². The van der Waals surface area contributed by atoms with E-state index in [4.69, 9.17) is 5.10 Å². The molecule has 5 rings (SSSR count). The smallest absolute Gasteiger partial charge is 0.0929 e. The second-order valence-corrected chi connectivity index (χ2v) is 10.0. The second kappa shape index (κ2) is 7.70. The third-order valence-electron chi connectivity index (χ3n) is 5.50. The predicted octanol–water partition coefficient (Wildman–Crippen LogP) is 6.15. The van der Waals surface area contributed by atoms with Gasteiger partial charge in [0.25, 0.3) is 0 Å². The molecule has 0 spiro atoms. The topological polar surface area (TPSA) is 34.9 Å². The van der Waals surface area contributed by atoms with Gasteiger partial charge in [-0.3, -0.25) is 4.21 Å². The molecule has 0 saturated heterocycles. The fraction of sp³-hybridized carbons (Fsp3) is 0.167. The maximum Gasteiger partial charge on any atom is 0.0929 e. The highest BCUT2D eigenvalue weighted by Gasteiger charge is 2.43. The summed E-state index contributed by atoms with van der Waals surface area (Å²) >= 11 is 0. The van der Waals surface area contributed by atoms with Crippen LogP contribution in [-0.2, 0) is 10.8 Å². The van der Waals surface area contributed by atoms with Crippen molar-refractivity contribution in [2.45, 2.75) is 23.3 Å². The Kier molecular flexibility index (Phi) is 4.91. The molecule has 4 atom stereocenters. The average molecular weight is 416 g/mol. The fourth-order valence-corrected chi connectivity index (χ4v) is 7.77. The van der Waals surface area contributed by atoms with E-state index in [2.05, 4.69) is 43.3 Å². The van der Waals surface area contributed by atoms with Gasteiger partial charge in [0.2, 0.25) is 0 Å². The summed E-state index contributed by atoms with van der Waals surface area (Å²) in [6, 6.07) is 30.7. The first kappa shape index (κ1) is 18.5. The van der Waals surface area contributed by atoms with Gasteiger partial charge in [0.05, 0.1) is 21.9 Å². The number of hydrogen-bond acceptors (Lipinski definition) is 2. The van der Waals surface area contributed by atoms with Crippen molar-refractivity contribution in [3.8, 4) is 5.69 Å². The van der Waals surface area contributed by atoms with E-state index in [-0.39, 0.29) is 16.4 Å². The van der Waals surface area contributed by atoms with Crippen LogP contribution in [0.2, 0.25) is 0 Å². The zero-order valence-electron chi connectivity index (χ0n) is 16.1. The van der Waals surface area contributed by atoms with Gasteiger partial charge in [0.1, 0.15) is 0 Å². The molecule has 0 aliphatic carbocycles. The van der Waals surface area contributed by atoms with Crippen molar-refractivity contribution in [2.24, 2.45) is 0 Å². The molecule has 1 aliphatic heterocycles. The molecule has 3 aromatic carbocycles. The number of para-hydroxylation sites is 1. The van der Waals surface area contributed by atoms with Crippen molar-refractivity contribution in [3.05, 3.63) is 113 Å². The summed E-state index contributed by atoms with van der Waals surface area (Å²) in [6.45, 7) is 2.17. The van der Waals surface area contributed by atoms with Crippen molar-refractivity contribution in [1.29, 1.82) is 0 Å². The molecule has 3 nitrogen and oxygen atoms in total. The number of aromatic nitrogens is 2. The highest BCUT2D eigenvalue weighted by Crippen LogP contribution is 2.52. The van der Waals surface area contributed by atoms with Crippen molar-refractivity contribution in [1.82, 2.24) is 9.54 Å². The highest BCUT2D eigenvalue weighted by molar-refractivity contribution is 7.86. The summed E-state index contributed by atoms with van der Waals surface area (Å²) < 4.78 is 16.0. The summed E-state index contributed by atoms with van der Waals surface area (Å²) in [5.74, 6) is 0.0920. The quantitative estimate of drug-likeness (QED) is 0.402. The van der Waals surface area contributed by atoms with Crippen molar-refractivity contribution < 1.29 is 4.21 Å². The Hall–Kier alpha value is -2.55. The van der Waals surface area contributed by atoms with Crippen molar-refractivity contribution in [2.75, 3.05) is 0 Å². The lowest BCUT2D eigenvalue weighted by atomic mass is 9.94. The Bertz CT molecular complexity index is 1150. The zero-order chi connectivity index (χ0) is 19.8. The molecule has 5 heteroatoms. The van der Waals surface area contributed by atoms with E-state index in [1.807, 2.05) is 59.0 Å². The zero-order valence-corrected chi connectivity index (χ0v) is 17.8. The van der Waals surface area contributed by atoms with E-state index >= 15 is 0 Å². The molecule has 0 amide bonds. The number of benzene rings is 3. The number of rotatable bonds is 3. The van der Waals surface area contributed by atoms with Gasteiger partial charge in [-0.15, -0.1) is 0 Å². The van der Waals surface area contributed by atoms with E-state index in [0.717, 1.165) is 36.2 Å². The molecular weight excluding hydrogens is 395 g/mol. The van der Waals surface area contributed by atoms with Crippen LogP contribution in [0.4, 0.5) is 0 Å². The Balaban J connectivity index is 1.70. The van der Waals surface area contributed by atoms with Crippen LogP contribution in [-0.4, -0.2) is 13.8 Å². The summed E-state index contributed by atoms with van der Waals surface area (Å²) in [4.78, 5) is 0. The van der Waals surface area contributed by atoms with Crippen LogP contribution in [0.3, 0.4) is 0 Å². The van der Waals surface area contributed by atoms with Crippen LogP contribution in [0.15, 0.2) is 91.0 Å². The van der Waals surface area contributed by atoms with Crippen LogP contribution >= 0.6 is 8.35 Å². The molecule has 144 valence electrons. The molecule has 0 N–H and O–H groups in total. The lowest BCUT2D eigenvalue weighted by Crippen LogP contribution is -2.26. The lowest BCUT2D eigenvalue weighted by molar-refractivity contribution is 0.617. The van der Waals surface area contributed by atoms with E-state index in [1.54, 1.807) is 0 Å². The van der Waals surface area contributed by atoms with Gasteiger partial charge in [0, 0.05) is 30.4 Å². The fourth-order valence-electron chi connectivity index (χ4n) is 4.10. The molecular formula is C24H21N2OPS. The van der Waals surface area contributed by atoms with Gasteiger partial charge >= 0.3 is 0 Å². The predicted molar refractivity (Wildman–Crippen MR) is 120 cm³/mol. The minimum Gasteiger partial charge on any atom is -0.258 e. The molecule has 4 unspecified atom stereocenters. The summed E-state index contributed by atoms with van der Waals surface area (Å²) in [7, 11) is -0.0844. The van der Waals surface area contributed by atoms with E-state index in [0.29, 0.717) is 0 Å². The molecule has 2 heterocycles. The molecule has 4 aromatic rings. The lowest BCUT2D eigenvalue weighted by Gasteiger charge is -2.33. The Labute approximate surface area is 175 Å². The Morgan fingerprint density at radius 1 is 0.828 bits per heavy atom. The molecule has 0 radical (unpaired) electrons. The first-order chi connectivity index (χ1) is 14.2. The molecule has 1 aliphatic rings. The van der Waals surface area contributed by atoms with Crippen LogP contribution in [0.25, 0.3) is 5.69 Å². The monoisotopic (exact) mass is 416 g/mol. The van der Waals surface area contributed by atoms with Gasteiger partial charge < -0.3 is 0 Å². The first-order valence-electron chi connectivity index (χ1n) is 9.76. The maximum atomic E-state index is 13.9. The van der Waals surface area contributed by atoms with Crippen LogP contribution in [0.5, 0.6) is 0 Å². The molecule has 1 aromatic heterocycles. The van der Waals surface area contributed by atoms with Crippen LogP contribution in [0.1, 0.15) is 45.5 Å².